The summed E-state index contributed by atoms with van der Waals surface area (Å²) in [7, 11) is -3.07. The van der Waals surface area contributed by atoms with Gasteiger partial charge in [0, 0.05) is 17.9 Å². The van der Waals surface area contributed by atoms with E-state index in [1.807, 2.05) is 6.07 Å². The van der Waals surface area contributed by atoms with Gasteiger partial charge in [-0.25, -0.2) is 17.9 Å². The van der Waals surface area contributed by atoms with Crippen molar-refractivity contribution in [2.75, 3.05) is 24.3 Å². The van der Waals surface area contributed by atoms with Crippen LogP contribution in [0.15, 0.2) is 35.2 Å². The Morgan fingerprint density at radius 1 is 1.33 bits per heavy atom. The van der Waals surface area contributed by atoms with Crippen LogP contribution in [0.3, 0.4) is 0 Å². The lowest BCUT2D eigenvalue weighted by Crippen LogP contribution is -2.36. The Morgan fingerprint density at radius 3 is 2.74 bits per heavy atom. The van der Waals surface area contributed by atoms with E-state index in [1.165, 1.54) is 6.07 Å². The molecular weight excluding hydrogens is 373 g/mol. The summed E-state index contributed by atoms with van der Waals surface area (Å²) in [6.45, 7) is 0.510. The third kappa shape index (κ3) is 3.74. The van der Waals surface area contributed by atoms with E-state index in [9.17, 15) is 17.6 Å². The molecule has 1 amide bonds. The molecule has 0 saturated carbocycles. The first kappa shape index (κ1) is 19.1. The van der Waals surface area contributed by atoms with Gasteiger partial charge in [0.05, 0.1) is 13.5 Å². The largest absolute Gasteiger partial charge is 0.492 e. The van der Waals surface area contributed by atoms with Gasteiger partial charge in [-0.3, -0.25) is 4.79 Å². The summed E-state index contributed by atoms with van der Waals surface area (Å²) in [4.78, 5) is 13.9. The number of nitrogens with two attached hydrogens (primary N) is 2. The number of carbonyl (C=O) groups excluding carboxylic acids is 1. The molecule has 0 fully saturated rings. The normalized spacial score (nSPS) is 14.0. The molecule has 0 spiro atoms. The van der Waals surface area contributed by atoms with Gasteiger partial charge in [0.2, 0.25) is 15.9 Å². The molecule has 1 aliphatic rings. The molecule has 9 heteroatoms. The number of rotatable bonds is 4. The van der Waals surface area contributed by atoms with Gasteiger partial charge in [-0.1, -0.05) is 6.07 Å². The Balaban J connectivity index is 1.94. The molecule has 0 aromatic heterocycles. The van der Waals surface area contributed by atoms with Crippen LogP contribution in [-0.2, 0) is 27.7 Å². The van der Waals surface area contributed by atoms with Crippen LogP contribution in [0.25, 0.3) is 0 Å². The molecule has 2 aromatic carbocycles. The topological polar surface area (TPSA) is 116 Å². The van der Waals surface area contributed by atoms with Crippen LogP contribution in [0.5, 0.6) is 5.75 Å². The minimum absolute atomic E-state index is 0.183. The van der Waals surface area contributed by atoms with Crippen LogP contribution < -0.4 is 20.5 Å². The number of amides is 1. The first-order chi connectivity index (χ1) is 12.7. The number of hydrogen-bond acceptors (Lipinski definition) is 5. The molecule has 1 heterocycles. The molecule has 0 aliphatic carbocycles. The number of sulfonamides is 1. The van der Waals surface area contributed by atoms with Gasteiger partial charge in [-0.2, -0.15) is 0 Å². The van der Waals surface area contributed by atoms with Gasteiger partial charge < -0.3 is 15.4 Å². The molecule has 1 aliphatic heterocycles. The van der Waals surface area contributed by atoms with Crippen molar-refractivity contribution in [2.45, 2.75) is 24.2 Å². The van der Waals surface area contributed by atoms with Gasteiger partial charge in [0.1, 0.15) is 4.90 Å². The maximum atomic E-state index is 14.2. The van der Waals surface area contributed by atoms with E-state index in [2.05, 4.69) is 0 Å². The molecule has 0 radical (unpaired) electrons. The van der Waals surface area contributed by atoms with Crippen molar-refractivity contribution in [1.82, 2.24) is 0 Å². The van der Waals surface area contributed by atoms with Crippen LogP contribution in [0.2, 0.25) is 0 Å². The average Bonchev–Trinajstić information content (AvgIpc) is 2.60. The predicted molar refractivity (Wildman–Crippen MR) is 99.6 cm³/mol. The number of methoxy groups -OCH3 is 1. The van der Waals surface area contributed by atoms with Gasteiger partial charge in [0.25, 0.3) is 0 Å². The summed E-state index contributed by atoms with van der Waals surface area (Å²) in [6, 6.07) is 7.61. The first-order valence-corrected chi connectivity index (χ1v) is 9.84. The lowest BCUT2D eigenvalue weighted by molar-refractivity contribution is -0.118. The highest BCUT2D eigenvalue weighted by molar-refractivity contribution is 7.89. The zero-order chi connectivity index (χ0) is 19.8. The standard InChI is InChI=1S/C18H20FN3O4S/c1-26-18-13(19)8-11(9-16(18)27(21,24)25)10-17(23)22-7-3-4-12-14(20)5-2-6-15(12)22/h2,5-6,8-9H,3-4,7,10,20H2,1H3,(H2,21,24,25). The SMILES string of the molecule is COc1c(F)cc(CC(=O)N2CCCc3c(N)cccc32)cc1S(N)(=O)=O. The number of benzene rings is 2. The zero-order valence-corrected chi connectivity index (χ0v) is 15.6. The summed E-state index contributed by atoms with van der Waals surface area (Å²) in [5, 5.41) is 5.14. The van der Waals surface area contributed by atoms with Crippen molar-refractivity contribution in [3.63, 3.8) is 0 Å². The monoisotopic (exact) mass is 393 g/mol. The quantitative estimate of drug-likeness (QED) is 0.765. The van der Waals surface area contributed by atoms with Crippen LogP contribution in [-0.4, -0.2) is 28.0 Å². The molecule has 3 rings (SSSR count). The van der Waals surface area contributed by atoms with Crippen LogP contribution in [0.4, 0.5) is 15.8 Å². The Labute approximate surface area is 156 Å². The lowest BCUT2D eigenvalue weighted by Gasteiger charge is -2.30. The van der Waals surface area contributed by atoms with Gasteiger partial charge in [-0.05, 0) is 48.2 Å². The summed E-state index contributed by atoms with van der Waals surface area (Å²) < 4.78 is 42.5. The number of primary sulfonamides is 1. The second-order valence-corrected chi connectivity index (χ2v) is 7.85. The number of nitrogen functional groups attached to an aromatic ring is 1. The van der Waals surface area contributed by atoms with Crippen molar-refractivity contribution in [3.8, 4) is 5.75 Å². The molecule has 4 N–H and O–H groups in total. The number of nitrogens with zero attached hydrogens (tertiary/aromatic N) is 1. The fourth-order valence-corrected chi connectivity index (χ4v) is 4.07. The molecule has 0 atom stereocenters. The number of halogens is 1. The van der Waals surface area contributed by atoms with Crippen LogP contribution in [0, 0.1) is 5.82 Å². The molecule has 0 saturated heterocycles. The number of fused-ring (bicyclic) bond motifs is 1. The fraction of sp³-hybridized carbons (Fsp3) is 0.278. The van der Waals surface area contributed by atoms with E-state index in [1.54, 1.807) is 17.0 Å². The molecule has 144 valence electrons. The van der Waals surface area contributed by atoms with E-state index < -0.39 is 26.5 Å². The smallest absolute Gasteiger partial charge is 0.241 e. The highest BCUT2D eigenvalue weighted by Crippen LogP contribution is 2.32. The van der Waals surface area contributed by atoms with E-state index in [-0.39, 0.29) is 17.9 Å². The molecule has 27 heavy (non-hydrogen) atoms. The minimum atomic E-state index is -4.21. The van der Waals surface area contributed by atoms with Crippen molar-refractivity contribution in [1.29, 1.82) is 0 Å². The van der Waals surface area contributed by atoms with E-state index in [4.69, 9.17) is 15.6 Å². The van der Waals surface area contributed by atoms with E-state index >= 15 is 0 Å². The Hall–Kier alpha value is -2.65. The number of carbonyl (C=O) groups is 1. The van der Waals surface area contributed by atoms with E-state index in [0.29, 0.717) is 12.2 Å². The fourth-order valence-electron chi connectivity index (χ4n) is 3.31. The van der Waals surface area contributed by atoms with Crippen LogP contribution in [0.1, 0.15) is 17.5 Å². The molecular formula is C18H20FN3O4S. The second-order valence-electron chi connectivity index (χ2n) is 6.32. The summed E-state index contributed by atoms with van der Waals surface area (Å²) in [5.74, 6) is -1.65. The zero-order valence-electron chi connectivity index (χ0n) is 14.7. The third-order valence-electron chi connectivity index (χ3n) is 4.52. The van der Waals surface area contributed by atoms with E-state index in [0.717, 1.165) is 37.3 Å². The van der Waals surface area contributed by atoms with Crippen molar-refractivity contribution >= 4 is 27.3 Å². The summed E-state index contributed by atoms with van der Waals surface area (Å²) >= 11 is 0. The Morgan fingerprint density at radius 2 is 2.07 bits per heavy atom. The molecule has 7 nitrogen and oxygen atoms in total. The predicted octanol–water partition coefficient (Wildman–Crippen LogP) is 1.59. The summed E-state index contributed by atoms with van der Waals surface area (Å²) in [6.07, 6.45) is 1.35. The number of ether oxygens (including phenoxy) is 1. The lowest BCUT2D eigenvalue weighted by atomic mass is 9.99. The minimum Gasteiger partial charge on any atom is -0.492 e. The Bertz CT molecular complexity index is 1010. The second kappa shape index (κ2) is 7.16. The van der Waals surface area contributed by atoms with Gasteiger partial charge >= 0.3 is 0 Å². The number of hydrogen-bond donors (Lipinski definition) is 2. The summed E-state index contributed by atoms with van der Waals surface area (Å²) in [5.41, 5.74) is 8.44. The molecule has 0 bridgehead atoms. The average molecular weight is 393 g/mol. The highest BCUT2D eigenvalue weighted by Gasteiger charge is 2.26. The maximum absolute atomic E-state index is 14.2. The van der Waals surface area contributed by atoms with Crippen molar-refractivity contribution < 1.29 is 22.3 Å². The van der Waals surface area contributed by atoms with Gasteiger partial charge in [0.15, 0.2) is 11.6 Å². The molecule has 0 unspecified atom stereocenters. The third-order valence-corrected chi connectivity index (χ3v) is 5.44. The molecule has 2 aromatic rings. The number of anilines is 2. The first-order valence-electron chi connectivity index (χ1n) is 8.29. The Kier molecular flexibility index (Phi) is 5.07. The maximum Gasteiger partial charge on any atom is 0.241 e. The van der Waals surface area contributed by atoms with Crippen molar-refractivity contribution in [3.05, 3.63) is 47.3 Å². The van der Waals surface area contributed by atoms with Crippen molar-refractivity contribution in [2.24, 2.45) is 5.14 Å². The van der Waals surface area contributed by atoms with Gasteiger partial charge in [-0.15, -0.1) is 0 Å². The highest BCUT2D eigenvalue weighted by atomic mass is 32.2. The van der Waals surface area contributed by atoms with Crippen LogP contribution >= 0.6 is 0 Å².